The number of nitrogens with zero attached hydrogens (tertiary/aromatic N) is 3. The lowest BCUT2D eigenvalue weighted by Crippen LogP contribution is -2.31. The first-order chi connectivity index (χ1) is 10.2. The van der Waals surface area contributed by atoms with Crippen LogP contribution in [0.25, 0.3) is 5.52 Å². The number of hydrogen-bond acceptors (Lipinski definition) is 3. The van der Waals surface area contributed by atoms with Gasteiger partial charge in [0.05, 0.1) is 28.7 Å². The zero-order chi connectivity index (χ0) is 14.8. The standard InChI is InChI=1S/C16H16N4O/c1-2-19(15-9-4-3-7-13(15)17)16(21)12-11-18-20-10-6-5-8-14(12)20/h3-11H,2,17H2,1H3. The maximum atomic E-state index is 12.8. The molecule has 1 amide bonds. The Kier molecular flexibility index (Phi) is 3.31. The zero-order valence-electron chi connectivity index (χ0n) is 11.7. The molecule has 0 unspecified atom stereocenters. The molecular formula is C16H16N4O. The molecule has 0 saturated carbocycles. The number of amides is 1. The Morgan fingerprint density at radius 1 is 1.24 bits per heavy atom. The first-order valence-corrected chi connectivity index (χ1v) is 6.81. The fourth-order valence-corrected chi connectivity index (χ4v) is 2.40. The van der Waals surface area contributed by atoms with Crippen molar-refractivity contribution in [3.63, 3.8) is 0 Å². The molecule has 2 aromatic heterocycles. The second-order valence-electron chi connectivity index (χ2n) is 4.70. The minimum atomic E-state index is -0.100. The molecule has 5 nitrogen and oxygen atoms in total. The highest BCUT2D eigenvalue weighted by Crippen LogP contribution is 2.25. The third-order valence-electron chi connectivity index (χ3n) is 3.45. The molecule has 2 N–H and O–H groups in total. The van der Waals surface area contributed by atoms with Crippen molar-refractivity contribution >= 4 is 22.8 Å². The van der Waals surface area contributed by atoms with Crippen LogP contribution in [0.2, 0.25) is 0 Å². The topological polar surface area (TPSA) is 63.6 Å². The maximum Gasteiger partial charge on any atom is 0.262 e. The Labute approximate surface area is 122 Å². The number of pyridine rings is 1. The van der Waals surface area contributed by atoms with E-state index < -0.39 is 0 Å². The van der Waals surface area contributed by atoms with Gasteiger partial charge in [0.25, 0.3) is 5.91 Å². The lowest BCUT2D eigenvalue weighted by molar-refractivity contribution is 0.0990. The van der Waals surface area contributed by atoms with Gasteiger partial charge in [0, 0.05) is 12.7 Å². The Morgan fingerprint density at radius 3 is 2.76 bits per heavy atom. The van der Waals surface area contributed by atoms with Crippen LogP contribution in [0.4, 0.5) is 11.4 Å². The molecule has 0 saturated heterocycles. The molecule has 0 atom stereocenters. The molecule has 0 aliphatic heterocycles. The highest BCUT2D eigenvalue weighted by atomic mass is 16.2. The minimum Gasteiger partial charge on any atom is -0.397 e. The molecule has 0 radical (unpaired) electrons. The van der Waals surface area contributed by atoms with Crippen molar-refractivity contribution in [1.82, 2.24) is 9.61 Å². The third kappa shape index (κ3) is 2.23. The highest BCUT2D eigenvalue weighted by molar-refractivity contribution is 6.11. The van der Waals surface area contributed by atoms with Gasteiger partial charge in [-0.1, -0.05) is 18.2 Å². The van der Waals surface area contributed by atoms with Crippen molar-refractivity contribution in [3.8, 4) is 0 Å². The average Bonchev–Trinajstić information content (AvgIpc) is 2.93. The van der Waals surface area contributed by atoms with Crippen LogP contribution in [-0.2, 0) is 0 Å². The average molecular weight is 280 g/mol. The molecule has 2 heterocycles. The zero-order valence-corrected chi connectivity index (χ0v) is 11.7. The number of para-hydroxylation sites is 2. The molecule has 0 aliphatic rings. The van der Waals surface area contributed by atoms with Gasteiger partial charge in [-0.3, -0.25) is 4.79 Å². The summed E-state index contributed by atoms with van der Waals surface area (Å²) in [6.07, 6.45) is 3.42. The first-order valence-electron chi connectivity index (χ1n) is 6.81. The van der Waals surface area contributed by atoms with Crippen LogP contribution < -0.4 is 10.6 Å². The SMILES string of the molecule is CCN(C(=O)c1cnn2ccccc12)c1ccccc1N. The molecule has 21 heavy (non-hydrogen) atoms. The van der Waals surface area contributed by atoms with Crippen LogP contribution in [-0.4, -0.2) is 22.1 Å². The van der Waals surface area contributed by atoms with Gasteiger partial charge in [-0.2, -0.15) is 5.10 Å². The number of carbonyl (C=O) groups excluding carboxylic acids is 1. The molecule has 1 aromatic carbocycles. The van der Waals surface area contributed by atoms with Gasteiger partial charge < -0.3 is 10.6 Å². The number of rotatable bonds is 3. The van der Waals surface area contributed by atoms with E-state index in [1.807, 2.05) is 49.5 Å². The number of benzene rings is 1. The molecule has 0 spiro atoms. The minimum absolute atomic E-state index is 0.100. The molecular weight excluding hydrogens is 264 g/mol. The fraction of sp³-hybridized carbons (Fsp3) is 0.125. The first kappa shape index (κ1) is 13.2. The number of anilines is 2. The number of fused-ring (bicyclic) bond motifs is 1. The van der Waals surface area contributed by atoms with Gasteiger partial charge in [0.15, 0.2) is 0 Å². The van der Waals surface area contributed by atoms with Crippen molar-refractivity contribution < 1.29 is 4.79 Å². The lowest BCUT2D eigenvalue weighted by Gasteiger charge is -2.22. The predicted molar refractivity (Wildman–Crippen MR) is 83.4 cm³/mol. The highest BCUT2D eigenvalue weighted by Gasteiger charge is 2.21. The molecule has 3 rings (SSSR count). The number of nitrogens with two attached hydrogens (primary N) is 1. The second-order valence-corrected chi connectivity index (χ2v) is 4.70. The van der Waals surface area contributed by atoms with Gasteiger partial charge in [-0.25, -0.2) is 4.52 Å². The van der Waals surface area contributed by atoms with Gasteiger partial charge in [-0.05, 0) is 31.2 Å². The fourth-order valence-electron chi connectivity index (χ4n) is 2.40. The summed E-state index contributed by atoms with van der Waals surface area (Å²) < 4.78 is 1.69. The van der Waals surface area contributed by atoms with Gasteiger partial charge in [-0.15, -0.1) is 0 Å². The Morgan fingerprint density at radius 2 is 2.00 bits per heavy atom. The van der Waals surface area contributed by atoms with Crippen LogP contribution >= 0.6 is 0 Å². The van der Waals surface area contributed by atoms with E-state index in [1.165, 1.54) is 0 Å². The summed E-state index contributed by atoms with van der Waals surface area (Å²) in [6.45, 7) is 2.47. The summed E-state index contributed by atoms with van der Waals surface area (Å²) in [7, 11) is 0. The maximum absolute atomic E-state index is 12.8. The van der Waals surface area contributed by atoms with E-state index in [1.54, 1.807) is 21.7 Å². The van der Waals surface area contributed by atoms with E-state index in [0.717, 1.165) is 11.2 Å². The number of nitrogen functional groups attached to an aromatic ring is 1. The Bertz CT molecular complexity index is 794. The van der Waals surface area contributed by atoms with Gasteiger partial charge in [0.2, 0.25) is 0 Å². The summed E-state index contributed by atoms with van der Waals surface area (Å²) in [5.74, 6) is -0.100. The van der Waals surface area contributed by atoms with E-state index in [2.05, 4.69) is 5.10 Å². The quantitative estimate of drug-likeness (QED) is 0.750. The summed E-state index contributed by atoms with van der Waals surface area (Å²) >= 11 is 0. The molecule has 106 valence electrons. The van der Waals surface area contributed by atoms with E-state index in [4.69, 9.17) is 5.73 Å². The third-order valence-corrected chi connectivity index (χ3v) is 3.45. The number of aromatic nitrogens is 2. The monoisotopic (exact) mass is 280 g/mol. The van der Waals surface area contributed by atoms with E-state index in [0.29, 0.717) is 17.8 Å². The summed E-state index contributed by atoms with van der Waals surface area (Å²) in [5.41, 5.74) is 8.65. The van der Waals surface area contributed by atoms with E-state index in [9.17, 15) is 4.79 Å². The van der Waals surface area contributed by atoms with Crippen molar-refractivity contribution in [1.29, 1.82) is 0 Å². The lowest BCUT2D eigenvalue weighted by atomic mass is 10.2. The van der Waals surface area contributed by atoms with Crippen LogP contribution in [0.5, 0.6) is 0 Å². The second kappa shape index (κ2) is 5.28. The molecule has 0 bridgehead atoms. The largest absolute Gasteiger partial charge is 0.397 e. The smallest absolute Gasteiger partial charge is 0.262 e. The molecule has 0 fully saturated rings. The van der Waals surface area contributed by atoms with Gasteiger partial charge >= 0.3 is 0 Å². The Hall–Kier alpha value is -2.82. The van der Waals surface area contributed by atoms with Crippen LogP contribution in [0.3, 0.4) is 0 Å². The summed E-state index contributed by atoms with van der Waals surface area (Å²) in [4.78, 5) is 14.5. The predicted octanol–water partition coefficient (Wildman–Crippen LogP) is 2.58. The summed E-state index contributed by atoms with van der Waals surface area (Å²) in [6, 6.07) is 13.0. The van der Waals surface area contributed by atoms with E-state index >= 15 is 0 Å². The van der Waals surface area contributed by atoms with Crippen LogP contribution in [0.1, 0.15) is 17.3 Å². The normalized spacial score (nSPS) is 10.7. The van der Waals surface area contributed by atoms with Crippen molar-refractivity contribution in [2.24, 2.45) is 0 Å². The van der Waals surface area contributed by atoms with E-state index in [-0.39, 0.29) is 5.91 Å². The molecule has 0 aliphatic carbocycles. The van der Waals surface area contributed by atoms with Gasteiger partial charge in [0.1, 0.15) is 0 Å². The molecule has 3 aromatic rings. The van der Waals surface area contributed by atoms with Crippen LogP contribution in [0, 0.1) is 0 Å². The van der Waals surface area contributed by atoms with Crippen molar-refractivity contribution in [3.05, 3.63) is 60.4 Å². The molecule has 5 heteroatoms. The van der Waals surface area contributed by atoms with Crippen molar-refractivity contribution in [2.45, 2.75) is 6.92 Å². The number of hydrogen-bond donors (Lipinski definition) is 1. The Balaban J connectivity index is 2.06. The number of carbonyl (C=O) groups is 1. The van der Waals surface area contributed by atoms with Crippen LogP contribution in [0.15, 0.2) is 54.9 Å². The summed E-state index contributed by atoms with van der Waals surface area (Å²) in [5, 5.41) is 4.21. The van der Waals surface area contributed by atoms with Crippen molar-refractivity contribution in [2.75, 3.05) is 17.2 Å².